The van der Waals surface area contributed by atoms with Crippen LogP contribution in [0.15, 0.2) is 59.5 Å². The van der Waals surface area contributed by atoms with E-state index in [0.29, 0.717) is 25.2 Å². The molecule has 164 valence electrons. The molecule has 2 aromatic heterocycles. The summed E-state index contributed by atoms with van der Waals surface area (Å²) >= 11 is 0. The number of carbonyl (C=O) groups excluding carboxylic acids is 1. The Morgan fingerprint density at radius 1 is 1.03 bits per heavy atom. The highest BCUT2D eigenvalue weighted by Crippen LogP contribution is 2.29. The number of nitrogens with one attached hydrogen (secondary N) is 1. The van der Waals surface area contributed by atoms with Crippen molar-refractivity contribution >= 4 is 5.91 Å². The van der Waals surface area contributed by atoms with Gasteiger partial charge < -0.3 is 0 Å². The number of unbranched alkanes of at least 4 members (excludes halogenated alkanes) is 1. The lowest BCUT2D eigenvalue weighted by atomic mass is 9.98. The fourth-order valence-corrected chi connectivity index (χ4v) is 3.79. The van der Waals surface area contributed by atoms with Crippen LogP contribution in [-0.4, -0.2) is 35.7 Å². The molecule has 0 spiro atoms. The Bertz CT molecular complexity index is 1250. The summed E-state index contributed by atoms with van der Waals surface area (Å²) in [6.45, 7) is 4.44. The Hall–Kier alpha value is -3.81. The van der Waals surface area contributed by atoms with Crippen molar-refractivity contribution in [3.8, 4) is 22.5 Å². The summed E-state index contributed by atoms with van der Waals surface area (Å²) in [5.74, 6) is 0.469. The van der Waals surface area contributed by atoms with Crippen molar-refractivity contribution in [3.63, 3.8) is 0 Å². The topological polar surface area (TPSA) is 98.5 Å². The number of hydrogen-bond donors (Lipinski definition) is 1. The molecule has 0 aliphatic rings. The molecule has 0 atom stereocenters. The zero-order valence-corrected chi connectivity index (χ0v) is 18.3. The van der Waals surface area contributed by atoms with E-state index in [4.69, 9.17) is 0 Å². The molecule has 0 fully saturated rings. The van der Waals surface area contributed by atoms with Crippen molar-refractivity contribution in [3.05, 3.63) is 76.5 Å². The summed E-state index contributed by atoms with van der Waals surface area (Å²) in [7, 11) is 0. The van der Waals surface area contributed by atoms with Crippen LogP contribution in [0.2, 0.25) is 0 Å². The number of benzene rings is 2. The molecule has 0 saturated heterocycles. The second-order valence-corrected chi connectivity index (χ2v) is 7.70. The van der Waals surface area contributed by atoms with Crippen LogP contribution < -0.4 is 5.69 Å². The van der Waals surface area contributed by atoms with Crippen LogP contribution in [0.5, 0.6) is 0 Å². The zero-order valence-electron chi connectivity index (χ0n) is 18.3. The van der Waals surface area contributed by atoms with Crippen molar-refractivity contribution < 1.29 is 4.79 Å². The summed E-state index contributed by atoms with van der Waals surface area (Å²) in [6.07, 6.45) is 4.46. The number of rotatable bonds is 8. The van der Waals surface area contributed by atoms with Crippen LogP contribution in [0.1, 0.15) is 49.2 Å². The van der Waals surface area contributed by atoms with Gasteiger partial charge in [0.15, 0.2) is 5.82 Å². The third-order valence-corrected chi connectivity index (χ3v) is 5.57. The molecule has 1 N–H and O–H groups in total. The van der Waals surface area contributed by atoms with E-state index in [1.54, 1.807) is 10.8 Å². The van der Waals surface area contributed by atoms with E-state index in [-0.39, 0.29) is 11.6 Å². The van der Waals surface area contributed by atoms with Gasteiger partial charge in [-0.3, -0.25) is 9.36 Å². The van der Waals surface area contributed by atoms with Gasteiger partial charge in [-0.15, -0.1) is 5.10 Å². The number of imidazole rings is 1. The molecule has 0 unspecified atom stereocenters. The van der Waals surface area contributed by atoms with E-state index < -0.39 is 0 Å². The fourth-order valence-electron chi connectivity index (χ4n) is 3.79. The third kappa shape index (κ3) is 4.30. The van der Waals surface area contributed by atoms with Gasteiger partial charge in [-0.1, -0.05) is 68.8 Å². The largest absolute Gasteiger partial charge is 0.335 e. The van der Waals surface area contributed by atoms with Crippen LogP contribution in [0.25, 0.3) is 22.5 Å². The normalized spacial score (nSPS) is 11.1. The number of aromatic amines is 1. The minimum Gasteiger partial charge on any atom is -0.292 e. The van der Waals surface area contributed by atoms with Gasteiger partial charge in [0, 0.05) is 23.9 Å². The van der Waals surface area contributed by atoms with Crippen LogP contribution in [-0.2, 0) is 13.0 Å². The minimum absolute atomic E-state index is 0.140. The summed E-state index contributed by atoms with van der Waals surface area (Å²) in [5, 5.41) is 14.2. The highest BCUT2D eigenvalue weighted by molar-refractivity contribution is 5.80. The van der Waals surface area contributed by atoms with Crippen molar-refractivity contribution in [2.24, 2.45) is 0 Å². The second-order valence-electron chi connectivity index (χ2n) is 7.70. The smallest absolute Gasteiger partial charge is 0.292 e. The molecule has 4 aromatic rings. The predicted octanol–water partition coefficient (Wildman–Crippen LogP) is 3.94. The summed E-state index contributed by atoms with van der Waals surface area (Å²) < 4.78 is 2.96. The highest BCUT2D eigenvalue weighted by Gasteiger charge is 2.16. The van der Waals surface area contributed by atoms with Crippen LogP contribution in [0.4, 0.5) is 0 Å². The maximum Gasteiger partial charge on any atom is 0.335 e. The van der Waals surface area contributed by atoms with Crippen molar-refractivity contribution in [1.29, 1.82) is 0 Å². The van der Waals surface area contributed by atoms with E-state index in [1.807, 2.05) is 62.4 Å². The lowest BCUT2D eigenvalue weighted by molar-refractivity contribution is 0.0894. The lowest BCUT2D eigenvalue weighted by Gasteiger charge is -2.09. The SMILES string of the molecule is CCCCC(=O)n1cc(CC)n(Cc2ccc(-c3ccccc3-c3nnn[nH]3)cc2)c1=O. The molecule has 0 radical (unpaired) electrons. The molecule has 0 aliphatic heterocycles. The van der Waals surface area contributed by atoms with Crippen molar-refractivity contribution in [1.82, 2.24) is 29.8 Å². The predicted molar refractivity (Wildman–Crippen MR) is 122 cm³/mol. The molecule has 8 heteroatoms. The Morgan fingerprint density at radius 3 is 2.44 bits per heavy atom. The summed E-state index contributed by atoms with van der Waals surface area (Å²) in [6, 6.07) is 16.0. The standard InChI is InChI=1S/C24H26N6O2/c1-3-5-10-22(31)30-16-19(4-2)29(24(30)32)15-17-11-13-18(14-12-17)20-8-6-7-9-21(20)23-25-27-28-26-23/h6-9,11-14,16H,3-5,10,15H2,1-2H3,(H,25,26,27,28). The van der Waals surface area contributed by atoms with Gasteiger partial charge in [0.2, 0.25) is 5.91 Å². The molecule has 32 heavy (non-hydrogen) atoms. The highest BCUT2D eigenvalue weighted by atomic mass is 16.2. The zero-order chi connectivity index (χ0) is 22.5. The number of carbonyl (C=O) groups is 1. The van der Waals surface area contributed by atoms with Gasteiger partial charge in [0.05, 0.1) is 6.54 Å². The van der Waals surface area contributed by atoms with Crippen molar-refractivity contribution in [2.75, 3.05) is 0 Å². The molecule has 4 rings (SSSR count). The second kappa shape index (κ2) is 9.55. The molecule has 0 aliphatic carbocycles. The first-order valence-corrected chi connectivity index (χ1v) is 10.9. The van der Waals surface area contributed by atoms with Gasteiger partial charge >= 0.3 is 5.69 Å². The number of nitrogens with zero attached hydrogens (tertiary/aromatic N) is 5. The van der Waals surface area contributed by atoms with Gasteiger partial charge in [0.25, 0.3) is 0 Å². The van der Waals surface area contributed by atoms with E-state index in [2.05, 4.69) is 20.6 Å². The van der Waals surface area contributed by atoms with Crippen molar-refractivity contribution in [2.45, 2.75) is 46.1 Å². The molecule has 0 bridgehead atoms. The van der Waals surface area contributed by atoms with Gasteiger partial charge in [-0.2, -0.15) is 0 Å². The minimum atomic E-state index is -0.268. The third-order valence-electron chi connectivity index (χ3n) is 5.57. The van der Waals surface area contributed by atoms with Gasteiger partial charge in [0.1, 0.15) is 0 Å². The number of tetrazole rings is 1. The number of hydrogen-bond acceptors (Lipinski definition) is 5. The average molecular weight is 431 g/mol. The molecule has 8 nitrogen and oxygen atoms in total. The van der Waals surface area contributed by atoms with E-state index in [0.717, 1.165) is 40.8 Å². The van der Waals surface area contributed by atoms with Gasteiger partial charge in [-0.25, -0.2) is 14.5 Å². The summed E-state index contributed by atoms with van der Waals surface area (Å²) in [4.78, 5) is 25.3. The van der Waals surface area contributed by atoms with E-state index >= 15 is 0 Å². The van der Waals surface area contributed by atoms with E-state index in [9.17, 15) is 9.59 Å². The molecular formula is C24H26N6O2. The maximum absolute atomic E-state index is 12.9. The maximum atomic E-state index is 12.9. The fraction of sp³-hybridized carbons (Fsp3) is 0.292. The first-order chi connectivity index (χ1) is 15.6. The van der Waals surface area contributed by atoms with Crippen LogP contribution in [0.3, 0.4) is 0 Å². The average Bonchev–Trinajstić information content (AvgIpc) is 3.47. The lowest BCUT2D eigenvalue weighted by Crippen LogP contribution is -2.29. The molecule has 0 saturated carbocycles. The van der Waals surface area contributed by atoms with Crippen LogP contribution in [0, 0.1) is 0 Å². The molecule has 0 amide bonds. The Labute approximate surface area is 185 Å². The number of aryl methyl sites for hydroxylation is 1. The van der Waals surface area contributed by atoms with Crippen LogP contribution >= 0.6 is 0 Å². The monoisotopic (exact) mass is 430 g/mol. The Balaban J connectivity index is 1.60. The first-order valence-electron chi connectivity index (χ1n) is 10.9. The van der Waals surface area contributed by atoms with E-state index in [1.165, 1.54) is 4.57 Å². The quantitative estimate of drug-likeness (QED) is 0.457. The molecular weight excluding hydrogens is 404 g/mol. The molecule has 2 heterocycles. The Morgan fingerprint density at radius 2 is 1.78 bits per heavy atom. The van der Waals surface area contributed by atoms with Gasteiger partial charge in [-0.05, 0) is 40.0 Å². The number of H-pyrrole nitrogens is 1. The summed E-state index contributed by atoms with van der Waals surface area (Å²) in [5.41, 5.74) is 4.52. The first kappa shape index (κ1) is 21.4. The Kier molecular flexibility index (Phi) is 6.39. The number of aromatic nitrogens is 6. The molecule has 2 aromatic carbocycles.